The number of anilines is 1. The van der Waals surface area contributed by atoms with Gasteiger partial charge in [-0.15, -0.1) is 0 Å². The Hall–Kier alpha value is -1.55. The fourth-order valence-corrected chi connectivity index (χ4v) is 1.72. The first-order valence-electron chi connectivity index (χ1n) is 5.10. The van der Waals surface area contributed by atoms with Crippen LogP contribution in [0.25, 0.3) is 0 Å². The first-order chi connectivity index (χ1) is 7.27. The van der Waals surface area contributed by atoms with Crippen LogP contribution in [-0.2, 0) is 0 Å². The Balaban J connectivity index is 2.11. The third-order valence-corrected chi connectivity index (χ3v) is 2.60. The van der Waals surface area contributed by atoms with E-state index >= 15 is 0 Å². The van der Waals surface area contributed by atoms with E-state index in [1.54, 1.807) is 0 Å². The van der Waals surface area contributed by atoms with E-state index in [1.807, 2.05) is 24.3 Å². The maximum Gasteiger partial charge on any atom is 0.122 e. The van der Waals surface area contributed by atoms with Gasteiger partial charge in [0.1, 0.15) is 5.84 Å². The van der Waals surface area contributed by atoms with Crippen LogP contribution in [-0.4, -0.2) is 32.0 Å². The summed E-state index contributed by atoms with van der Waals surface area (Å²) in [6.07, 6.45) is 0. The van der Waals surface area contributed by atoms with Crippen LogP contribution in [0.3, 0.4) is 0 Å². The number of amidine groups is 1. The molecular weight excluding hydrogens is 188 g/mol. The van der Waals surface area contributed by atoms with Gasteiger partial charge in [0.05, 0.1) is 0 Å². The highest BCUT2D eigenvalue weighted by atomic mass is 15.2. The van der Waals surface area contributed by atoms with E-state index in [-0.39, 0.29) is 5.84 Å². The molecule has 15 heavy (non-hydrogen) atoms. The van der Waals surface area contributed by atoms with Crippen molar-refractivity contribution in [2.24, 2.45) is 5.73 Å². The fourth-order valence-electron chi connectivity index (χ4n) is 1.72. The van der Waals surface area contributed by atoms with Crippen molar-refractivity contribution in [1.29, 1.82) is 5.41 Å². The molecular formula is C11H15N4. The molecule has 1 saturated heterocycles. The first-order valence-corrected chi connectivity index (χ1v) is 5.10. The molecule has 1 aliphatic rings. The van der Waals surface area contributed by atoms with Crippen LogP contribution in [0.5, 0.6) is 0 Å². The topological polar surface area (TPSA) is 67.2 Å². The first kappa shape index (κ1) is 9.98. The normalized spacial score (nSPS) is 16.4. The molecule has 1 aromatic carbocycles. The molecule has 1 heterocycles. The predicted molar refractivity (Wildman–Crippen MR) is 61.5 cm³/mol. The van der Waals surface area contributed by atoms with Gasteiger partial charge in [-0.3, -0.25) is 5.41 Å². The van der Waals surface area contributed by atoms with Crippen molar-refractivity contribution in [3.63, 3.8) is 0 Å². The SMILES string of the molecule is N=C(N)c1ccc(N2CC[N]CC2)cc1. The van der Waals surface area contributed by atoms with E-state index in [2.05, 4.69) is 10.2 Å². The molecule has 79 valence electrons. The van der Waals surface area contributed by atoms with Crippen molar-refractivity contribution in [3.8, 4) is 0 Å². The summed E-state index contributed by atoms with van der Waals surface area (Å²) in [5.74, 6) is 0.121. The van der Waals surface area contributed by atoms with Gasteiger partial charge in [-0.2, -0.15) is 0 Å². The zero-order valence-corrected chi connectivity index (χ0v) is 8.61. The Labute approximate surface area is 89.6 Å². The molecule has 0 spiro atoms. The summed E-state index contributed by atoms with van der Waals surface area (Å²) < 4.78 is 0. The highest BCUT2D eigenvalue weighted by Gasteiger charge is 2.10. The van der Waals surface area contributed by atoms with Crippen LogP contribution in [0.2, 0.25) is 0 Å². The van der Waals surface area contributed by atoms with Gasteiger partial charge in [0.25, 0.3) is 0 Å². The second kappa shape index (κ2) is 4.31. The Bertz CT molecular complexity index is 338. The minimum Gasteiger partial charge on any atom is -0.384 e. The Morgan fingerprint density at radius 3 is 2.33 bits per heavy atom. The number of hydrogen-bond acceptors (Lipinski definition) is 2. The van der Waals surface area contributed by atoms with E-state index in [0.29, 0.717) is 0 Å². The summed E-state index contributed by atoms with van der Waals surface area (Å²) in [6.45, 7) is 3.79. The average molecular weight is 203 g/mol. The van der Waals surface area contributed by atoms with Crippen molar-refractivity contribution in [1.82, 2.24) is 5.32 Å². The molecule has 0 amide bonds. The number of hydrogen-bond donors (Lipinski definition) is 2. The summed E-state index contributed by atoms with van der Waals surface area (Å²) in [6, 6.07) is 7.82. The number of nitrogens with two attached hydrogens (primary N) is 1. The molecule has 0 unspecified atom stereocenters. The second-order valence-electron chi connectivity index (χ2n) is 3.62. The van der Waals surface area contributed by atoms with Crippen molar-refractivity contribution in [2.45, 2.75) is 0 Å². The molecule has 0 aliphatic carbocycles. The molecule has 1 radical (unpaired) electrons. The van der Waals surface area contributed by atoms with Gasteiger partial charge in [0.15, 0.2) is 0 Å². The van der Waals surface area contributed by atoms with Gasteiger partial charge >= 0.3 is 0 Å². The lowest BCUT2D eigenvalue weighted by molar-refractivity contribution is 0.579. The monoisotopic (exact) mass is 203 g/mol. The number of piperazine rings is 1. The number of rotatable bonds is 2. The van der Waals surface area contributed by atoms with Crippen LogP contribution in [0.1, 0.15) is 5.56 Å². The molecule has 0 bridgehead atoms. The van der Waals surface area contributed by atoms with Gasteiger partial charge in [-0.25, -0.2) is 5.32 Å². The van der Waals surface area contributed by atoms with E-state index < -0.39 is 0 Å². The van der Waals surface area contributed by atoms with E-state index in [0.717, 1.165) is 31.7 Å². The lowest BCUT2D eigenvalue weighted by Gasteiger charge is -2.28. The lowest BCUT2D eigenvalue weighted by atomic mass is 10.1. The minimum absolute atomic E-state index is 0.121. The summed E-state index contributed by atoms with van der Waals surface area (Å²) in [5.41, 5.74) is 7.36. The molecule has 1 fully saturated rings. The largest absolute Gasteiger partial charge is 0.384 e. The molecule has 0 aromatic heterocycles. The molecule has 4 nitrogen and oxygen atoms in total. The molecule has 1 aromatic rings. The highest BCUT2D eigenvalue weighted by Crippen LogP contribution is 2.15. The van der Waals surface area contributed by atoms with Crippen molar-refractivity contribution in [3.05, 3.63) is 29.8 Å². The maximum absolute atomic E-state index is 7.30. The van der Waals surface area contributed by atoms with Crippen molar-refractivity contribution < 1.29 is 0 Å². The summed E-state index contributed by atoms with van der Waals surface area (Å²) in [7, 11) is 0. The third kappa shape index (κ3) is 2.27. The van der Waals surface area contributed by atoms with Gasteiger partial charge in [-0.1, -0.05) is 0 Å². The highest BCUT2D eigenvalue weighted by molar-refractivity contribution is 5.95. The third-order valence-electron chi connectivity index (χ3n) is 2.60. The number of nitrogens with zero attached hydrogens (tertiary/aromatic N) is 2. The average Bonchev–Trinajstić information content (AvgIpc) is 2.30. The zero-order chi connectivity index (χ0) is 10.7. The minimum atomic E-state index is 0.121. The van der Waals surface area contributed by atoms with Crippen LogP contribution < -0.4 is 16.0 Å². The van der Waals surface area contributed by atoms with Crippen LogP contribution in [0, 0.1) is 5.41 Å². The molecule has 0 atom stereocenters. The Kier molecular flexibility index (Phi) is 2.87. The smallest absolute Gasteiger partial charge is 0.122 e. The van der Waals surface area contributed by atoms with Crippen molar-refractivity contribution in [2.75, 3.05) is 31.1 Å². The van der Waals surface area contributed by atoms with E-state index in [4.69, 9.17) is 11.1 Å². The van der Waals surface area contributed by atoms with Gasteiger partial charge in [-0.05, 0) is 24.3 Å². The Morgan fingerprint density at radius 2 is 1.80 bits per heavy atom. The quantitative estimate of drug-likeness (QED) is 0.539. The zero-order valence-electron chi connectivity index (χ0n) is 8.61. The number of benzene rings is 1. The number of nitrogens with one attached hydrogen (secondary N) is 1. The Morgan fingerprint density at radius 1 is 1.20 bits per heavy atom. The molecule has 2 rings (SSSR count). The predicted octanol–water partition coefficient (Wildman–Crippen LogP) is 0.395. The summed E-state index contributed by atoms with van der Waals surface area (Å²) in [5, 5.41) is 11.6. The van der Waals surface area contributed by atoms with E-state index in [1.165, 1.54) is 5.69 Å². The van der Waals surface area contributed by atoms with Gasteiger partial charge in [0.2, 0.25) is 0 Å². The van der Waals surface area contributed by atoms with Crippen LogP contribution in [0.15, 0.2) is 24.3 Å². The summed E-state index contributed by atoms with van der Waals surface area (Å²) in [4.78, 5) is 2.30. The van der Waals surface area contributed by atoms with Crippen molar-refractivity contribution >= 4 is 11.5 Å². The summed E-state index contributed by atoms with van der Waals surface area (Å²) >= 11 is 0. The fraction of sp³-hybridized carbons (Fsp3) is 0.364. The van der Waals surface area contributed by atoms with Crippen LogP contribution >= 0.6 is 0 Å². The number of nitrogen functional groups attached to an aromatic ring is 1. The lowest BCUT2D eigenvalue weighted by Crippen LogP contribution is -2.40. The molecule has 3 N–H and O–H groups in total. The molecule has 1 aliphatic heterocycles. The van der Waals surface area contributed by atoms with Gasteiger partial charge < -0.3 is 10.6 Å². The molecule has 0 saturated carbocycles. The maximum atomic E-state index is 7.30. The molecule has 4 heteroatoms. The standard InChI is InChI=1S/C11H15N4/c12-11(13)9-1-3-10(4-2-9)15-7-5-14-6-8-15/h1-4H,5-8H2,(H3,12,13). The second-order valence-corrected chi connectivity index (χ2v) is 3.62. The van der Waals surface area contributed by atoms with Crippen LogP contribution in [0.4, 0.5) is 5.69 Å². The van der Waals surface area contributed by atoms with Gasteiger partial charge in [0, 0.05) is 37.4 Å². The van der Waals surface area contributed by atoms with E-state index in [9.17, 15) is 0 Å².